The van der Waals surface area contributed by atoms with Gasteiger partial charge in [-0.2, -0.15) is 0 Å². The Morgan fingerprint density at radius 3 is 2.67 bits per heavy atom. The number of likely N-dealkylation sites (tertiary alicyclic amines) is 1. The number of pyridine rings is 1. The topological polar surface area (TPSA) is 62.2 Å². The second kappa shape index (κ2) is 9.69. The van der Waals surface area contributed by atoms with Crippen molar-refractivity contribution >= 4 is 11.7 Å². The average Bonchev–Trinajstić information content (AvgIpc) is 2.88. The Bertz CT molecular complexity index is 1100. The molecular weight excluding hydrogens is 410 g/mol. The van der Waals surface area contributed by atoms with Gasteiger partial charge in [0.25, 0.3) is 5.91 Å². The molecule has 3 aromatic rings. The lowest BCUT2D eigenvalue weighted by atomic mass is 9.98. The largest absolute Gasteiger partial charge is 0.356 e. The highest BCUT2D eigenvalue weighted by Crippen LogP contribution is 2.34. The molecule has 170 valence electrons. The van der Waals surface area contributed by atoms with E-state index in [4.69, 9.17) is 9.97 Å². The summed E-state index contributed by atoms with van der Waals surface area (Å²) < 4.78 is 0. The molecule has 2 aromatic heterocycles. The van der Waals surface area contributed by atoms with E-state index in [1.54, 1.807) is 0 Å². The Morgan fingerprint density at radius 2 is 1.85 bits per heavy atom. The minimum absolute atomic E-state index is 0.0741. The lowest BCUT2D eigenvalue weighted by Crippen LogP contribution is -2.40. The Morgan fingerprint density at radius 1 is 1.00 bits per heavy atom. The van der Waals surface area contributed by atoms with Crippen molar-refractivity contribution < 1.29 is 4.79 Å². The van der Waals surface area contributed by atoms with Gasteiger partial charge in [-0.15, -0.1) is 0 Å². The van der Waals surface area contributed by atoms with Gasteiger partial charge in [-0.05, 0) is 63.3 Å². The highest BCUT2D eigenvalue weighted by molar-refractivity contribution is 5.94. The van der Waals surface area contributed by atoms with E-state index in [0.29, 0.717) is 0 Å². The van der Waals surface area contributed by atoms with Crippen LogP contribution < -0.4 is 4.90 Å². The summed E-state index contributed by atoms with van der Waals surface area (Å²) in [6, 6.07) is 15.6. The molecule has 0 saturated carbocycles. The van der Waals surface area contributed by atoms with Crippen molar-refractivity contribution in [3.05, 3.63) is 83.1 Å². The summed E-state index contributed by atoms with van der Waals surface area (Å²) in [5.41, 5.74) is 4.14. The number of anilines is 1. The smallest absolute Gasteiger partial charge is 0.254 e. The summed E-state index contributed by atoms with van der Waals surface area (Å²) in [5.74, 6) is 1.92. The maximum absolute atomic E-state index is 13.3. The lowest BCUT2D eigenvalue weighted by molar-refractivity contribution is 0.0599. The first-order chi connectivity index (χ1) is 16.2. The number of carbonyl (C=O) groups is 1. The molecule has 4 heterocycles. The predicted molar refractivity (Wildman–Crippen MR) is 129 cm³/mol. The number of benzene rings is 1. The van der Waals surface area contributed by atoms with Gasteiger partial charge in [0.2, 0.25) is 0 Å². The van der Waals surface area contributed by atoms with Crippen LogP contribution in [0.2, 0.25) is 0 Å². The Kier molecular flexibility index (Phi) is 6.33. The van der Waals surface area contributed by atoms with Crippen LogP contribution in [0, 0.1) is 6.92 Å². The maximum atomic E-state index is 13.3. The van der Waals surface area contributed by atoms with Crippen molar-refractivity contribution in [3.63, 3.8) is 0 Å². The standard InChI is InChI=1S/C27H31N5O/c1-20-23-13-9-17-31(19-15-22-12-5-7-16-28-22)26(23)30-25(29-20)24-14-6-8-18-32(24)27(33)21-10-3-2-4-11-21/h2-5,7,10-12,16,24H,6,8-9,13-15,17-19H2,1H3/t24-/m1/s1. The number of aryl methyl sites for hydroxylation is 1. The second-order valence-corrected chi connectivity index (χ2v) is 9.01. The molecule has 1 amide bonds. The molecule has 0 radical (unpaired) electrons. The quantitative estimate of drug-likeness (QED) is 0.582. The van der Waals surface area contributed by atoms with Crippen molar-refractivity contribution in [2.75, 3.05) is 24.5 Å². The van der Waals surface area contributed by atoms with E-state index in [1.165, 1.54) is 5.56 Å². The van der Waals surface area contributed by atoms with E-state index in [1.807, 2.05) is 53.6 Å². The summed E-state index contributed by atoms with van der Waals surface area (Å²) in [4.78, 5) is 32.3. The Labute approximate surface area is 195 Å². The molecule has 0 unspecified atom stereocenters. The molecule has 6 nitrogen and oxygen atoms in total. The zero-order valence-corrected chi connectivity index (χ0v) is 19.3. The highest BCUT2D eigenvalue weighted by Gasteiger charge is 2.32. The third-order valence-corrected chi connectivity index (χ3v) is 6.81. The van der Waals surface area contributed by atoms with Gasteiger partial charge in [0, 0.05) is 54.8 Å². The summed E-state index contributed by atoms with van der Waals surface area (Å²) in [6.07, 6.45) is 7.89. The average molecular weight is 442 g/mol. The van der Waals surface area contributed by atoms with E-state index >= 15 is 0 Å². The molecule has 1 fully saturated rings. The molecule has 33 heavy (non-hydrogen) atoms. The molecular formula is C27H31N5O. The third-order valence-electron chi connectivity index (χ3n) is 6.81. The molecule has 1 atom stereocenters. The summed E-state index contributed by atoms with van der Waals surface area (Å²) >= 11 is 0. The van der Waals surface area contributed by atoms with Gasteiger partial charge in [-0.1, -0.05) is 24.3 Å². The van der Waals surface area contributed by atoms with Crippen LogP contribution in [0.3, 0.4) is 0 Å². The van der Waals surface area contributed by atoms with E-state index in [-0.39, 0.29) is 11.9 Å². The van der Waals surface area contributed by atoms with Crippen LogP contribution in [0.4, 0.5) is 5.82 Å². The summed E-state index contributed by atoms with van der Waals surface area (Å²) in [7, 11) is 0. The molecule has 0 aliphatic carbocycles. The molecule has 0 bridgehead atoms. The van der Waals surface area contributed by atoms with E-state index < -0.39 is 0 Å². The van der Waals surface area contributed by atoms with Crippen molar-refractivity contribution in [1.29, 1.82) is 0 Å². The number of fused-ring (bicyclic) bond motifs is 1. The third kappa shape index (κ3) is 4.61. The minimum atomic E-state index is -0.0741. The Hall–Kier alpha value is -3.28. The van der Waals surface area contributed by atoms with E-state index in [2.05, 4.69) is 22.9 Å². The summed E-state index contributed by atoms with van der Waals surface area (Å²) in [5, 5.41) is 0. The fraction of sp³-hybridized carbons (Fsp3) is 0.407. The van der Waals surface area contributed by atoms with Gasteiger partial charge < -0.3 is 9.80 Å². The number of rotatable bonds is 5. The summed E-state index contributed by atoms with van der Waals surface area (Å²) in [6.45, 7) is 4.73. The number of nitrogens with zero attached hydrogens (tertiary/aromatic N) is 5. The highest BCUT2D eigenvalue weighted by atomic mass is 16.2. The van der Waals surface area contributed by atoms with E-state index in [9.17, 15) is 4.79 Å². The number of aromatic nitrogens is 3. The number of hydrogen-bond acceptors (Lipinski definition) is 5. The number of piperidine rings is 1. The molecule has 6 heteroatoms. The fourth-order valence-corrected chi connectivity index (χ4v) is 5.06. The van der Waals surface area contributed by atoms with Gasteiger partial charge in [0.15, 0.2) is 5.82 Å². The zero-order valence-electron chi connectivity index (χ0n) is 19.3. The molecule has 1 saturated heterocycles. The maximum Gasteiger partial charge on any atom is 0.254 e. The normalized spacial score (nSPS) is 18.2. The van der Waals surface area contributed by atoms with Crippen LogP contribution in [-0.4, -0.2) is 45.4 Å². The molecule has 0 spiro atoms. The van der Waals surface area contributed by atoms with Crippen LogP contribution in [0.15, 0.2) is 54.7 Å². The van der Waals surface area contributed by atoms with Crippen LogP contribution in [0.1, 0.15) is 64.9 Å². The first-order valence-corrected chi connectivity index (χ1v) is 12.1. The lowest BCUT2D eigenvalue weighted by Gasteiger charge is -2.37. The first-order valence-electron chi connectivity index (χ1n) is 12.1. The van der Waals surface area contributed by atoms with Gasteiger partial charge in [-0.3, -0.25) is 9.78 Å². The van der Waals surface area contributed by atoms with Crippen molar-refractivity contribution in [2.24, 2.45) is 0 Å². The molecule has 2 aliphatic rings. The Balaban J connectivity index is 1.43. The number of carbonyl (C=O) groups excluding carboxylic acids is 1. The molecule has 5 rings (SSSR count). The van der Waals surface area contributed by atoms with Crippen LogP contribution in [-0.2, 0) is 12.8 Å². The molecule has 1 aromatic carbocycles. The molecule has 2 aliphatic heterocycles. The zero-order chi connectivity index (χ0) is 22.6. The molecule has 0 N–H and O–H groups in total. The van der Waals surface area contributed by atoms with Gasteiger partial charge >= 0.3 is 0 Å². The second-order valence-electron chi connectivity index (χ2n) is 9.01. The predicted octanol–water partition coefficient (Wildman–Crippen LogP) is 4.54. The van der Waals surface area contributed by atoms with Crippen LogP contribution in [0.5, 0.6) is 0 Å². The van der Waals surface area contributed by atoms with Crippen molar-refractivity contribution in [2.45, 2.75) is 51.5 Å². The van der Waals surface area contributed by atoms with Crippen LogP contribution >= 0.6 is 0 Å². The number of hydrogen-bond donors (Lipinski definition) is 0. The van der Waals surface area contributed by atoms with Gasteiger partial charge in [-0.25, -0.2) is 9.97 Å². The van der Waals surface area contributed by atoms with Crippen molar-refractivity contribution in [3.8, 4) is 0 Å². The van der Waals surface area contributed by atoms with Crippen molar-refractivity contribution in [1.82, 2.24) is 19.9 Å². The van der Waals surface area contributed by atoms with Gasteiger partial charge in [0.1, 0.15) is 5.82 Å². The van der Waals surface area contributed by atoms with Crippen LogP contribution in [0.25, 0.3) is 0 Å². The SMILES string of the molecule is Cc1nc([C@H]2CCCCN2C(=O)c2ccccc2)nc2c1CCCN2CCc1ccccn1. The fourth-order valence-electron chi connectivity index (χ4n) is 5.06. The number of amides is 1. The van der Waals surface area contributed by atoms with Gasteiger partial charge in [0.05, 0.1) is 6.04 Å². The monoisotopic (exact) mass is 441 g/mol. The first kappa shape index (κ1) is 21.6. The minimum Gasteiger partial charge on any atom is -0.356 e. The van der Waals surface area contributed by atoms with E-state index in [0.717, 1.165) is 86.8 Å².